The molecule has 0 aliphatic heterocycles. The zero-order chi connectivity index (χ0) is 13.5. The van der Waals surface area contributed by atoms with Crippen LogP contribution in [-0.4, -0.2) is 21.5 Å². The summed E-state index contributed by atoms with van der Waals surface area (Å²) in [4.78, 5) is 13.0. The Morgan fingerprint density at radius 2 is 2.00 bits per heavy atom. The van der Waals surface area contributed by atoms with Gasteiger partial charge in [0, 0.05) is 30.6 Å². The minimum absolute atomic E-state index is 0.357. The Bertz CT molecular complexity index is 497. The van der Waals surface area contributed by atoms with Crippen molar-refractivity contribution in [2.24, 2.45) is 0 Å². The maximum absolute atomic E-state index is 4.48. The molecule has 0 aliphatic rings. The molecule has 0 amide bonds. The van der Waals surface area contributed by atoms with E-state index >= 15 is 0 Å². The van der Waals surface area contributed by atoms with E-state index in [4.69, 9.17) is 0 Å². The Balaban J connectivity index is 1.78. The first-order chi connectivity index (χ1) is 9.25. The minimum Gasteiger partial charge on any atom is -0.370 e. The molecule has 0 spiro atoms. The summed E-state index contributed by atoms with van der Waals surface area (Å²) < 4.78 is 0. The standard InChI is InChI=1S/C15H20N4/c1-12(2)15-18-11-8-14(19-15)17-10-5-7-13-6-3-4-9-16-13/h3-4,6,8-9,11-12H,5,7,10H2,1-2H3,(H,17,18,19). The van der Waals surface area contributed by atoms with Gasteiger partial charge in [-0.2, -0.15) is 0 Å². The Kier molecular flexibility index (Phi) is 4.84. The zero-order valence-corrected chi connectivity index (χ0v) is 11.5. The molecule has 0 saturated carbocycles. The number of pyridine rings is 1. The highest BCUT2D eigenvalue weighted by Crippen LogP contribution is 2.11. The smallest absolute Gasteiger partial charge is 0.133 e. The number of nitrogens with one attached hydrogen (secondary N) is 1. The molecular weight excluding hydrogens is 236 g/mol. The van der Waals surface area contributed by atoms with E-state index in [9.17, 15) is 0 Å². The van der Waals surface area contributed by atoms with Gasteiger partial charge in [0.1, 0.15) is 11.6 Å². The highest BCUT2D eigenvalue weighted by molar-refractivity contribution is 5.33. The topological polar surface area (TPSA) is 50.7 Å². The molecule has 0 aromatic carbocycles. The van der Waals surface area contributed by atoms with Crippen LogP contribution in [-0.2, 0) is 6.42 Å². The predicted molar refractivity (Wildman–Crippen MR) is 77.2 cm³/mol. The largest absolute Gasteiger partial charge is 0.370 e. The quantitative estimate of drug-likeness (QED) is 0.807. The lowest BCUT2D eigenvalue weighted by Crippen LogP contribution is -2.07. The fourth-order valence-electron chi connectivity index (χ4n) is 1.78. The minimum atomic E-state index is 0.357. The monoisotopic (exact) mass is 256 g/mol. The van der Waals surface area contributed by atoms with Crippen molar-refractivity contribution < 1.29 is 0 Å². The van der Waals surface area contributed by atoms with E-state index in [0.29, 0.717) is 5.92 Å². The third-order valence-electron chi connectivity index (χ3n) is 2.83. The average molecular weight is 256 g/mol. The number of hydrogen-bond acceptors (Lipinski definition) is 4. The summed E-state index contributed by atoms with van der Waals surface area (Å²) in [7, 11) is 0. The first-order valence-electron chi connectivity index (χ1n) is 6.72. The van der Waals surface area contributed by atoms with E-state index in [-0.39, 0.29) is 0 Å². The van der Waals surface area contributed by atoms with Crippen molar-refractivity contribution in [3.8, 4) is 0 Å². The molecule has 2 aromatic rings. The second-order valence-electron chi connectivity index (χ2n) is 4.81. The first kappa shape index (κ1) is 13.5. The van der Waals surface area contributed by atoms with E-state index < -0.39 is 0 Å². The van der Waals surface area contributed by atoms with E-state index in [1.165, 1.54) is 0 Å². The summed E-state index contributed by atoms with van der Waals surface area (Å²) in [6, 6.07) is 7.93. The molecule has 4 nitrogen and oxygen atoms in total. The Morgan fingerprint density at radius 3 is 2.74 bits per heavy atom. The van der Waals surface area contributed by atoms with Gasteiger partial charge in [-0.05, 0) is 31.0 Å². The van der Waals surface area contributed by atoms with Gasteiger partial charge in [-0.25, -0.2) is 9.97 Å². The molecule has 100 valence electrons. The van der Waals surface area contributed by atoms with Crippen LogP contribution in [0.15, 0.2) is 36.7 Å². The molecule has 4 heteroatoms. The van der Waals surface area contributed by atoms with Gasteiger partial charge in [-0.1, -0.05) is 19.9 Å². The van der Waals surface area contributed by atoms with Crippen molar-refractivity contribution in [2.45, 2.75) is 32.6 Å². The maximum Gasteiger partial charge on any atom is 0.133 e. The van der Waals surface area contributed by atoms with Crippen LogP contribution in [0.2, 0.25) is 0 Å². The van der Waals surface area contributed by atoms with E-state index in [1.807, 2.05) is 30.6 Å². The SMILES string of the molecule is CC(C)c1nccc(NCCCc2ccccn2)n1. The lowest BCUT2D eigenvalue weighted by Gasteiger charge is -2.08. The third-order valence-corrected chi connectivity index (χ3v) is 2.83. The molecule has 0 aliphatic carbocycles. The lowest BCUT2D eigenvalue weighted by atomic mass is 10.2. The summed E-state index contributed by atoms with van der Waals surface area (Å²) in [5, 5.41) is 3.33. The molecule has 0 unspecified atom stereocenters. The molecule has 2 heterocycles. The highest BCUT2D eigenvalue weighted by atomic mass is 15.0. The summed E-state index contributed by atoms with van der Waals surface area (Å²) >= 11 is 0. The lowest BCUT2D eigenvalue weighted by molar-refractivity contribution is 0.770. The van der Waals surface area contributed by atoms with Crippen molar-refractivity contribution in [1.82, 2.24) is 15.0 Å². The molecule has 2 rings (SSSR count). The summed E-state index contributed by atoms with van der Waals surface area (Å²) in [6.45, 7) is 5.09. The average Bonchev–Trinajstić information content (AvgIpc) is 2.45. The number of nitrogens with zero attached hydrogens (tertiary/aromatic N) is 3. The number of anilines is 1. The van der Waals surface area contributed by atoms with Crippen molar-refractivity contribution in [2.75, 3.05) is 11.9 Å². The number of aryl methyl sites for hydroxylation is 1. The van der Waals surface area contributed by atoms with Crippen LogP contribution in [0.3, 0.4) is 0 Å². The first-order valence-corrected chi connectivity index (χ1v) is 6.72. The van der Waals surface area contributed by atoms with Gasteiger partial charge in [0.05, 0.1) is 0 Å². The van der Waals surface area contributed by atoms with Gasteiger partial charge >= 0.3 is 0 Å². The van der Waals surface area contributed by atoms with Crippen molar-refractivity contribution in [1.29, 1.82) is 0 Å². The second-order valence-corrected chi connectivity index (χ2v) is 4.81. The molecule has 0 saturated heterocycles. The number of rotatable bonds is 6. The highest BCUT2D eigenvalue weighted by Gasteiger charge is 2.03. The number of aromatic nitrogens is 3. The van der Waals surface area contributed by atoms with Gasteiger partial charge in [0.15, 0.2) is 0 Å². The van der Waals surface area contributed by atoms with Crippen molar-refractivity contribution >= 4 is 5.82 Å². The van der Waals surface area contributed by atoms with Gasteiger partial charge in [0.2, 0.25) is 0 Å². The van der Waals surface area contributed by atoms with E-state index in [1.54, 1.807) is 0 Å². The molecule has 19 heavy (non-hydrogen) atoms. The van der Waals surface area contributed by atoms with Crippen LogP contribution in [0, 0.1) is 0 Å². The summed E-state index contributed by atoms with van der Waals surface area (Å²) in [5.74, 6) is 2.14. The Hall–Kier alpha value is -1.97. The second kappa shape index (κ2) is 6.83. The molecule has 0 atom stereocenters. The fraction of sp³-hybridized carbons (Fsp3) is 0.400. The fourth-order valence-corrected chi connectivity index (χ4v) is 1.78. The molecular formula is C15H20N4. The van der Waals surface area contributed by atoms with Crippen LogP contribution in [0.4, 0.5) is 5.82 Å². The van der Waals surface area contributed by atoms with Gasteiger partial charge in [-0.3, -0.25) is 4.98 Å². The van der Waals surface area contributed by atoms with Crippen molar-refractivity contribution in [3.05, 3.63) is 48.2 Å². The molecule has 0 fully saturated rings. The van der Waals surface area contributed by atoms with E-state index in [0.717, 1.165) is 36.7 Å². The Labute approximate surface area is 114 Å². The summed E-state index contributed by atoms with van der Waals surface area (Å²) in [5.41, 5.74) is 1.13. The van der Waals surface area contributed by atoms with Gasteiger partial charge in [-0.15, -0.1) is 0 Å². The third kappa shape index (κ3) is 4.32. The van der Waals surface area contributed by atoms with E-state index in [2.05, 4.69) is 40.2 Å². The van der Waals surface area contributed by atoms with Crippen LogP contribution >= 0.6 is 0 Å². The molecule has 0 radical (unpaired) electrons. The molecule has 1 N–H and O–H groups in total. The van der Waals surface area contributed by atoms with Crippen LogP contribution in [0.5, 0.6) is 0 Å². The van der Waals surface area contributed by atoms with Gasteiger partial charge in [0.25, 0.3) is 0 Å². The molecule has 0 bridgehead atoms. The van der Waals surface area contributed by atoms with Crippen molar-refractivity contribution in [3.63, 3.8) is 0 Å². The molecule has 2 aromatic heterocycles. The number of hydrogen-bond donors (Lipinski definition) is 1. The van der Waals surface area contributed by atoms with Gasteiger partial charge < -0.3 is 5.32 Å². The van der Waals surface area contributed by atoms with Crippen LogP contribution in [0.1, 0.15) is 37.7 Å². The van der Waals surface area contributed by atoms with Crippen LogP contribution < -0.4 is 5.32 Å². The Morgan fingerprint density at radius 1 is 1.11 bits per heavy atom. The summed E-state index contributed by atoms with van der Waals surface area (Å²) in [6.07, 6.45) is 5.67. The maximum atomic E-state index is 4.48. The normalized spacial score (nSPS) is 10.7. The zero-order valence-electron chi connectivity index (χ0n) is 11.5. The predicted octanol–water partition coefficient (Wildman–Crippen LogP) is 3.04. The van der Waals surface area contributed by atoms with Crippen LogP contribution in [0.25, 0.3) is 0 Å².